The Morgan fingerprint density at radius 3 is 2.50 bits per heavy atom. The first-order valence-corrected chi connectivity index (χ1v) is 12.7. The monoisotopic (exact) mass is 516 g/mol. The lowest BCUT2D eigenvalue weighted by molar-refractivity contribution is -0.0720. The Labute approximate surface area is 224 Å². The van der Waals surface area contributed by atoms with Gasteiger partial charge in [0.05, 0.1) is 23.8 Å². The number of ether oxygens (including phenoxy) is 2. The molecule has 8 nitrogen and oxygen atoms in total. The highest BCUT2D eigenvalue weighted by Crippen LogP contribution is 2.36. The van der Waals surface area contributed by atoms with Crippen LogP contribution in [0.25, 0.3) is 16.9 Å². The van der Waals surface area contributed by atoms with Crippen molar-refractivity contribution in [2.24, 2.45) is 4.99 Å². The summed E-state index contributed by atoms with van der Waals surface area (Å²) in [7, 11) is 3.68. The lowest BCUT2D eigenvalue weighted by Crippen LogP contribution is -2.38. The number of aromatic nitrogens is 1. The van der Waals surface area contributed by atoms with E-state index in [0.717, 1.165) is 27.8 Å². The third-order valence-corrected chi connectivity index (χ3v) is 6.83. The van der Waals surface area contributed by atoms with E-state index in [0.29, 0.717) is 41.8 Å². The number of aliphatic imine (C=N–C) groups is 1. The van der Waals surface area contributed by atoms with Crippen LogP contribution in [-0.4, -0.2) is 59.3 Å². The molecule has 1 aromatic heterocycles. The number of nitrogen functional groups attached to an aromatic ring is 1. The Hall–Kier alpha value is -3.72. The zero-order valence-electron chi connectivity index (χ0n) is 22.6. The van der Waals surface area contributed by atoms with E-state index in [4.69, 9.17) is 25.3 Å². The summed E-state index contributed by atoms with van der Waals surface area (Å²) in [5.74, 6) is 2.03. The molecule has 2 aromatic carbocycles. The molecule has 8 heteroatoms. The van der Waals surface area contributed by atoms with Crippen LogP contribution < -0.4 is 10.5 Å². The van der Waals surface area contributed by atoms with E-state index in [1.807, 2.05) is 82.5 Å². The maximum absolute atomic E-state index is 10.8. The first kappa shape index (κ1) is 27.3. The molecule has 0 saturated carbocycles. The van der Waals surface area contributed by atoms with Gasteiger partial charge in [0.25, 0.3) is 0 Å². The van der Waals surface area contributed by atoms with Crippen LogP contribution >= 0.6 is 0 Å². The molecule has 1 aliphatic heterocycles. The molecule has 0 radical (unpaired) electrons. The van der Waals surface area contributed by atoms with Crippen molar-refractivity contribution in [3.63, 3.8) is 0 Å². The van der Waals surface area contributed by atoms with Gasteiger partial charge < -0.3 is 25.4 Å². The summed E-state index contributed by atoms with van der Waals surface area (Å²) >= 11 is 0. The number of aliphatic hydroxyl groups is 2. The summed E-state index contributed by atoms with van der Waals surface area (Å²) < 4.78 is 12.2. The molecule has 1 aliphatic rings. The van der Waals surface area contributed by atoms with Gasteiger partial charge in [-0.3, -0.25) is 4.90 Å². The molecule has 0 spiro atoms. The van der Waals surface area contributed by atoms with Crippen molar-refractivity contribution >= 4 is 17.5 Å². The molecule has 2 unspecified atom stereocenters. The van der Waals surface area contributed by atoms with Crippen molar-refractivity contribution in [3.05, 3.63) is 83.1 Å². The van der Waals surface area contributed by atoms with Gasteiger partial charge in [-0.25, -0.2) is 9.98 Å². The second kappa shape index (κ2) is 11.3. The van der Waals surface area contributed by atoms with Crippen LogP contribution in [0.15, 0.2) is 65.8 Å². The first-order chi connectivity index (χ1) is 18.1. The highest BCUT2D eigenvalue weighted by atomic mass is 16.5. The molecule has 0 fully saturated rings. The standard InChI is InChI=1S/C30H36N4O4/c1-19-17-26(38-29(33-19)23-9-6-7-10-25(23)37-16-8-15-35)27-20(2)24(18-32-28(27)31)21-11-13-22(14-12-21)30(3,36)34(4)5/h6-7,9-14,17-19,35-36H,8,15-16H2,1-5H3,(H2,31,32). The third-order valence-electron chi connectivity index (χ3n) is 6.83. The van der Waals surface area contributed by atoms with Crippen molar-refractivity contribution in [2.75, 3.05) is 33.0 Å². The van der Waals surface area contributed by atoms with Crippen molar-refractivity contribution in [2.45, 2.75) is 39.0 Å². The van der Waals surface area contributed by atoms with Gasteiger partial charge in [-0.2, -0.15) is 0 Å². The number of anilines is 1. The zero-order chi connectivity index (χ0) is 27.4. The number of aliphatic hydroxyl groups excluding tert-OH is 1. The van der Waals surface area contributed by atoms with Crippen molar-refractivity contribution < 1.29 is 19.7 Å². The number of pyridine rings is 1. The van der Waals surface area contributed by atoms with Crippen LogP contribution in [0.1, 0.15) is 42.5 Å². The number of nitrogens with two attached hydrogens (primary N) is 1. The Morgan fingerprint density at radius 1 is 1.11 bits per heavy atom. The van der Waals surface area contributed by atoms with Crippen molar-refractivity contribution in [1.29, 1.82) is 0 Å². The highest BCUT2D eigenvalue weighted by Gasteiger charge is 2.27. The van der Waals surface area contributed by atoms with E-state index in [1.165, 1.54) is 0 Å². The minimum atomic E-state index is -1.08. The van der Waals surface area contributed by atoms with E-state index < -0.39 is 5.72 Å². The average Bonchev–Trinajstić information content (AvgIpc) is 2.89. The van der Waals surface area contributed by atoms with E-state index >= 15 is 0 Å². The summed E-state index contributed by atoms with van der Waals surface area (Å²) in [6.45, 7) is 6.19. The lowest BCUT2D eigenvalue weighted by Gasteiger charge is -2.31. The minimum Gasteiger partial charge on any atom is -0.493 e. The van der Waals surface area contributed by atoms with Crippen LogP contribution in [-0.2, 0) is 10.5 Å². The van der Waals surface area contributed by atoms with Gasteiger partial charge in [0.2, 0.25) is 5.90 Å². The Kier molecular flexibility index (Phi) is 8.16. The molecule has 0 amide bonds. The molecule has 200 valence electrons. The number of nitrogens with zero attached hydrogens (tertiary/aromatic N) is 3. The maximum atomic E-state index is 10.8. The summed E-state index contributed by atoms with van der Waals surface area (Å²) in [5.41, 5.74) is 10.3. The van der Waals surface area contributed by atoms with Gasteiger partial charge in [-0.05, 0) is 69.8 Å². The fraction of sp³-hybridized carbons (Fsp3) is 0.333. The van der Waals surface area contributed by atoms with Gasteiger partial charge in [-0.15, -0.1) is 0 Å². The summed E-state index contributed by atoms with van der Waals surface area (Å²) in [6.07, 6.45) is 4.23. The normalized spacial score (nSPS) is 16.9. The van der Waals surface area contributed by atoms with Gasteiger partial charge in [0, 0.05) is 24.8 Å². The topological polar surface area (TPSA) is 113 Å². The predicted octanol–water partition coefficient (Wildman–Crippen LogP) is 4.33. The minimum absolute atomic E-state index is 0.0587. The fourth-order valence-corrected chi connectivity index (χ4v) is 4.33. The van der Waals surface area contributed by atoms with Gasteiger partial charge >= 0.3 is 0 Å². The molecular formula is C30H36N4O4. The molecule has 4 rings (SSSR count). The molecule has 38 heavy (non-hydrogen) atoms. The maximum Gasteiger partial charge on any atom is 0.226 e. The number of hydrogen-bond donors (Lipinski definition) is 3. The van der Waals surface area contributed by atoms with E-state index in [2.05, 4.69) is 4.98 Å². The summed E-state index contributed by atoms with van der Waals surface area (Å²) in [6, 6.07) is 15.2. The fourth-order valence-electron chi connectivity index (χ4n) is 4.33. The first-order valence-electron chi connectivity index (χ1n) is 12.7. The smallest absolute Gasteiger partial charge is 0.226 e. The van der Waals surface area contributed by atoms with Gasteiger partial charge in [-0.1, -0.05) is 36.4 Å². The molecule has 2 heterocycles. The average molecular weight is 517 g/mol. The van der Waals surface area contributed by atoms with Crippen LogP contribution in [0.3, 0.4) is 0 Å². The van der Waals surface area contributed by atoms with Crippen molar-refractivity contribution in [1.82, 2.24) is 9.88 Å². The van der Waals surface area contributed by atoms with Crippen LogP contribution in [0, 0.1) is 6.92 Å². The van der Waals surface area contributed by atoms with Crippen molar-refractivity contribution in [3.8, 4) is 16.9 Å². The number of hydrogen-bond acceptors (Lipinski definition) is 8. The lowest BCUT2D eigenvalue weighted by atomic mass is 9.94. The zero-order valence-corrected chi connectivity index (χ0v) is 22.6. The third kappa shape index (κ3) is 5.57. The Bertz CT molecular complexity index is 1350. The molecule has 3 aromatic rings. The summed E-state index contributed by atoms with van der Waals surface area (Å²) in [4.78, 5) is 11.0. The van der Waals surface area contributed by atoms with Crippen LogP contribution in [0.4, 0.5) is 5.82 Å². The quantitative estimate of drug-likeness (QED) is 0.286. The van der Waals surface area contributed by atoms with Crippen LogP contribution in [0.2, 0.25) is 0 Å². The predicted molar refractivity (Wildman–Crippen MR) is 151 cm³/mol. The highest BCUT2D eigenvalue weighted by molar-refractivity contribution is 6.01. The van der Waals surface area contributed by atoms with Crippen LogP contribution in [0.5, 0.6) is 5.75 Å². The largest absolute Gasteiger partial charge is 0.493 e. The van der Waals surface area contributed by atoms with Gasteiger partial charge in [0.15, 0.2) is 0 Å². The Morgan fingerprint density at radius 2 is 1.82 bits per heavy atom. The number of para-hydroxylation sites is 1. The second-order valence-electron chi connectivity index (χ2n) is 9.78. The van der Waals surface area contributed by atoms with E-state index in [-0.39, 0.29) is 12.6 Å². The van der Waals surface area contributed by atoms with Gasteiger partial charge in [0.1, 0.15) is 23.1 Å². The SMILES string of the molecule is Cc1c(-c2ccc(C(C)(O)N(C)C)cc2)cnc(N)c1C1=CC(C)N=C(c2ccccc2OCCCO)O1. The van der Waals surface area contributed by atoms with E-state index in [9.17, 15) is 5.11 Å². The molecule has 2 atom stereocenters. The molecule has 0 saturated heterocycles. The molecule has 0 aliphatic carbocycles. The molecule has 4 N–H and O–H groups in total. The molecule has 0 bridgehead atoms. The summed E-state index contributed by atoms with van der Waals surface area (Å²) in [5, 5.41) is 19.9. The number of benzene rings is 2. The number of rotatable bonds is 9. The van der Waals surface area contributed by atoms with E-state index in [1.54, 1.807) is 18.0 Å². The molecular weight excluding hydrogens is 480 g/mol. The Balaban J connectivity index is 1.67. The second-order valence-corrected chi connectivity index (χ2v) is 9.78.